The van der Waals surface area contributed by atoms with Gasteiger partial charge >= 0.3 is 0 Å². The number of hydrogen-bond donors (Lipinski definition) is 0. The quantitative estimate of drug-likeness (QED) is 0.343. The van der Waals surface area contributed by atoms with Crippen molar-refractivity contribution in [2.45, 2.75) is 34.2 Å². The maximum absolute atomic E-state index is 4.64. The average molecular weight is 321 g/mol. The van der Waals surface area contributed by atoms with E-state index in [1.54, 1.807) is 6.08 Å². The van der Waals surface area contributed by atoms with Crippen LogP contribution in [0.3, 0.4) is 0 Å². The van der Waals surface area contributed by atoms with Crippen molar-refractivity contribution < 1.29 is 0 Å². The smallest absolute Gasteiger partial charge is 0.0953 e. The Morgan fingerprint density at radius 3 is 2.29 bits per heavy atom. The van der Waals surface area contributed by atoms with Gasteiger partial charge < -0.3 is 0 Å². The Hall–Kier alpha value is -2.68. The standard InChI is InChI=1S/C21H27N3/c1-9-12-24-20(11-3)19(21(23-24)15(4)5)13-17(8)18(10-2)14-22-16(6)7/h9-11,13-14H,1-4,12H2,5-8H3/b17-13+,18-14+. The minimum atomic E-state index is 0.623. The fraction of sp³-hybridized carbons (Fsp3) is 0.238. The van der Waals surface area contributed by atoms with Gasteiger partial charge in [0, 0.05) is 17.5 Å². The Bertz CT molecular complexity index is 748. The van der Waals surface area contributed by atoms with Crippen molar-refractivity contribution in [1.29, 1.82) is 0 Å². The monoisotopic (exact) mass is 321 g/mol. The predicted octanol–water partition coefficient (Wildman–Crippen LogP) is 5.70. The van der Waals surface area contributed by atoms with E-state index in [0.29, 0.717) is 6.54 Å². The Balaban J connectivity index is 3.53. The first-order valence-corrected chi connectivity index (χ1v) is 7.88. The van der Waals surface area contributed by atoms with Crippen LogP contribution in [0.4, 0.5) is 0 Å². The van der Waals surface area contributed by atoms with E-state index in [0.717, 1.165) is 39.4 Å². The van der Waals surface area contributed by atoms with Gasteiger partial charge in [0.15, 0.2) is 0 Å². The van der Waals surface area contributed by atoms with Crippen LogP contribution in [0.5, 0.6) is 0 Å². The zero-order chi connectivity index (χ0) is 18.3. The average Bonchev–Trinajstić information content (AvgIpc) is 2.85. The van der Waals surface area contributed by atoms with E-state index in [4.69, 9.17) is 0 Å². The van der Waals surface area contributed by atoms with Crippen LogP contribution in [-0.4, -0.2) is 15.5 Å². The Morgan fingerprint density at radius 1 is 1.17 bits per heavy atom. The van der Waals surface area contributed by atoms with Crippen LogP contribution in [0, 0.1) is 0 Å². The first-order chi connectivity index (χ1) is 11.3. The first kappa shape index (κ1) is 19.4. The van der Waals surface area contributed by atoms with E-state index in [1.807, 2.05) is 50.7 Å². The summed E-state index contributed by atoms with van der Waals surface area (Å²) in [5, 5.41) is 4.64. The lowest BCUT2D eigenvalue weighted by Crippen LogP contribution is -2.00. The lowest BCUT2D eigenvalue weighted by Gasteiger charge is -2.04. The van der Waals surface area contributed by atoms with Crippen molar-refractivity contribution in [3.8, 4) is 0 Å². The van der Waals surface area contributed by atoms with Crippen LogP contribution < -0.4 is 0 Å². The molecule has 0 aliphatic rings. The van der Waals surface area contributed by atoms with E-state index in [9.17, 15) is 0 Å². The van der Waals surface area contributed by atoms with Crippen LogP contribution in [0.2, 0.25) is 0 Å². The van der Waals surface area contributed by atoms with E-state index in [-0.39, 0.29) is 0 Å². The van der Waals surface area contributed by atoms with Crippen LogP contribution in [0.15, 0.2) is 60.8 Å². The van der Waals surface area contributed by atoms with Crippen molar-refractivity contribution in [1.82, 2.24) is 9.78 Å². The Labute approximate surface area is 145 Å². The number of rotatable bonds is 8. The Morgan fingerprint density at radius 2 is 1.83 bits per heavy atom. The molecule has 0 atom stereocenters. The van der Waals surface area contributed by atoms with Gasteiger partial charge in [0.25, 0.3) is 0 Å². The lowest BCUT2D eigenvalue weighted by atomic mass is 10.0. The molecule has 0 amide bonds. The molecule has 24 heavy (non-hydrogen) atoms. The topological polar surface area (TPSA) is 30.2 Å². The normalized spacial score (nSPS) is 11.8. The molecule has 1 aromatic rings. The van der Waals surface area contributed by atoms with Gasteiger partial charge in [-0.25, -0.2) is 0 Å². The molecule has 1 heterocycles. The van der Waals surface area contributed by atoms with E-state index < -0.39 is 0 Å². The van der Waals surface area contributed by atoms with Gasteiger partial charge in [-0.15, -0.1) is 6.58 Å². The summed E-state index contributed by atoms with van der Waals surface area (Å²) in [6.07, 6.45) is 9.35. The van der Waals surface area contributed by atoms with Crippen LogP contribution in [0.1, 0.15) is 44.6 Å². The molecule has 0 unspecified atom stereocenters. The van der Waals surface area contributed by atoms with Gasteiger partial charge in [0.2, 0.25) is 0 Å². The predicted molar refractivity (Wildman–Crippen MR) is 108 cm³/mol. The molecule has 0 saturated carbocycles. The first-order valence-electron chi connectivity index (χ1n) is 7.88. The minimum Gasteiger partial charge on any atom is -0.266 e. The van der Waals surface area contributed by atoms with E-state index in [1.165, 1.54) is 0 Å². The SMILES string of the molecule is C=CCn1nc(C(=C)C)c(/C=C(C)/C(C=C)=C/N=C(C)C)c1C=C. The zero-order valence-electron chi connectivity index (χ0n) is 15.3. The molecule has 0 aliphatic carbocycles. The largest absolute Gasteiger partial charge is 0.266 e. The number of hydrogen-bond acceptors (Lipinski definition) is 2. The van der Waals surface area contributed by atoms with Crippen molar-refractivity contribution in [3.05, 3.63) is 72.8 Å². The second kappa shape index (κ2) is 8.82. The molecule has 1 aromatic heterocycles. The van der Waals surface area contributed by atoms with Gasteiger partial charge in [-0.2, -0.15) is 5.10 Å². The van der Waals surface area contributed by atoms with Crippen molar-refractivity contribution in [3.63, 3.8) is 0 Å². The summed E-state index contributed by atoms with van der Waals surface area (Å²) in [6, 6.07) is 0. The van der Waals surface area contributed by atoms with Crippen molar-refractivity contribution in [2.75, 3.05) is 0 Å². The summed E-state index contributed by atoms with van der Waals surface area (Å²) >= 11 is 0. The van der Waals surface area contributed by atoms with Gasteiger partial charge in [-0.1, -0.05) is 31.9 Å². The molecular weight excluding hydrogens is 294 g/mol. The minimum absolute atomic E-state index is 0.623. The third kappa shape index (κ3) is 4.66. The lowest BCUT2D eigenvalue weighted by molar-refractivity contribution is 0.693. The van der Waals surface area contributed by atoms with E-state index >= 15 is 0 Å². The molecule has 126 valence electrons. The molecule has 0 spiro atoms. The van der Waals surface area contributed by atoms with Crippen molar-refractivity contribution in [2.24, 2.45) is 4.99 Å². The van der Waals surface area contributed by atoms with Crippen LogP contribution in [-0.2, 0) is 6.54 Å². The second-order valence-electron chi connectivity index (χ2n) is 5.79. The number of nitrogens with zero attached hydrogens (tertiary/aromatic N) is 3. The summed E-state index contributed by atoms with van der Waals surface area (Å²) in [6.45, 7) is 24.2. The van der Waals surface area contributed by atoms with Gasteiger partial charge in [-0.05, 0) is 56.6 Å². The third-order valence-corrected chi connectivity index (χ3v) is 3.43. The summed E-state index contributed by atoms with van der Waals surface area (Å²) in [5.41, 5.74) is 6.74. The van der Waals surface area contributed by atoms with E-state index in [2.05, 4.69) is 42.5 Å². The van der Waals surface area contributed by atoms with Gasteiger partial charge in [0.05, 0.1) is 17.9 Å². The van der Waals surface area contributed by atoms with Gasteiger partial charge in [-0.3, -0.25) is 9.67 Å². The molecule has 0 radical (unpaired) electrons. The highest BCUT2D eigenvalue weighted by molar-refractivity contribution is 5.80. The highest BCUT2D eigenvalue weighted by Crippen LogP contribution is 2.26. The fourth-order valence-electron chi connectivity index (χ4n) is 2.24. The third-order valence-electron chi connectivity index (χ3n) is 3.43. The molecule has 0 N–H and O–H groups in total. The second-order valence-corrected chi connectivity index (χ2v) is 5.79. The summed E-state index contributed by atoms with van der Waals surface area (Å²) in [7, 11) is 0. The highest BCUT2D eigenvalue weighted by Gasteiger charge is 2.14. The molecule has 0 aromatic carbocycles. The molecule has 3 nitrogen and oxygen atoms in total. The molecule has 1 rings (SSSR count). The van der Waals surface area contributed by atoms with Gasteiger partial charge in [0.1, 0.15) is 0 Å². The van der Waals surface area contributed by atoms with Crippen LogP contribution >= 0.6 is 0 Å². The summed E-state index contributed by atoms with van der Waals surface area (Å²) < 4.78 is 1.88. The molecular formula is C21H27N3. The maximum Gasteiger partial charge on any atom is 0.0953 e. The number of aliphatic imine (C=N–C) groups is 1. The molecule has 0 saturated heterocycles. The molecule has 0 bridgehead atoms. The molecule has 0 fully saturated rings. The number of aromatic nitrogens is 2. The fourth-order valence-corrected chi connectivity index (χ4v) is 2.24. The zero-order valence-corrected chi connectivity index (χ0v) is 15.3. The number of allylic oxidation sites excluding steroid dienone is 5. The van der Waals surface area contributed by atoms with Crippen molar-refractivity contribution >= 4 is 23.4 Å². The maximum atomic E-state index is 4.64. The summed E-state index contributed by atoms with van der Waals surface area (Å²) in [5.74, 6) is 0. The molecule has 3 heteroatoms. The van der Waals surface area contributed by atoms with Crippen LogP contribution in [0.25, 0.3) is 17.7 Å². The molecule has 0 aliphatic heterocycles. The Kier molecular flexibility index (Phi) is 7.12. The highest BCUT2D eigenvalue weighted by atomic mass is 15.3. The summed E-state index contributed by atoms with van der Waals surface area (Å²) in [4.78, 5) is 4.36.